The number of hydrogen-bond acceptors (Lipinski definition) is 4. The lowest BCUT2D eigenvalue weighted by atomic mass is 10.0. The Balaban J connectivity index is 1.64. The van der Waals surface area contributed by atoms with Crippen LogP contribution in [-0.2, 0) is 9.59 Å². The lowest BCUT2D eigenvalue weighted by Gasteiger charge is -2.26. The van der Waals surface area contributed by atoms with E-state index in [2.05, 4.69) is 10.9 Å². The number of nitrogens with zero attached hydrogens (tertiary/aromatic N) is 2. The molecule has 1 aliphatic rings. The van der Waals surface area contributed by atoms with E-state index in [0.29, 0.717) is 41.0 Å². The molecule has 0 spiro atoms. The molecular formula is C27H21N3O3. The van der Waals surface area contributed by atoms with Gasteiger partial charge in [-0.25, -0.2) is 0 Å². The summed E-state index contributed by atoms with van der Waals surface area (Å²) in [5.74, 6) is 1.32. The van der Waals surface area contributed by atoms with Crippen LogP contribution < -0.4 is 10.6 Å². The van der Waals surface area contributed by atoms with Crippen molar-refractivity contribution in [3.63, 3.8) is 0 Å². The maximum Gasteiger partial charge on any atom is 0.247 e. The van der Waals surface area contributed by atoms with Crippen LogP contribution in [0.15, 0.2) is 79.0 Å². The number of rotatable bonds is 7. The summed E-state index contributed by atoms with van der Waals surface area (Å²) in [6.45, 7) is 0. The number of carbonyl (C=O) groups is 3. The van der Waals surface area contributed by atoms with Gasteiger partial charge in [-0.05, 0) is 85.7 Å². The Bertz CT molecular complexity index is 1270. The van der Waals surface area contributed by atoms with E-state index in [0.717, 1.165) is 0 Å². The quantitative estimate of drug-likeness (QED) is 0.264. The van der Waals surface area contributed by atoms with Gasteiger partial charge >= 0.3 is 0 Å². The van der Waals surface area contributed by atoms with Crippen LogP contribution in [0.5, 0.6) is 0 Å². The topological polar surface area (TPSA) is 93.4 Å². The molecule has 2 aromatic carbocycles. The molecule has 6 heteroatoms. The molecule has 6 nitrogen and oxygen atoms in total. The number of allylic oxidation sites excluding steroid dienone is 1. The molecule has 1 aromatic heterocycles. The lowest BCUT2D eigenvalue weighted by Crippen LogP contribution is -2.41. The van der Waals surface area contributed by atoms with E-state index in [1.165, 1.54) is 11.0 Å². The summed E-state index contributed by atoms with van der Waals surface area (Å²) in [4.78, 5) is 43.6. The molecule has 1 heterocycles. The van der Waals surface area contributed by atoms with Crippen molar-refractivity contribution in [3.05, 3.63) is 95.8 Å². The average Bonchev–Trinajstić information content (AvgIpc) is 3.67. The first-order chi connectivity index (χ1) is 15.9. The number of aromatic nitrogens is 1. The number of anilines is 2. The second-order valence-electron chi connectivity index (χ2n) is 7.78. The molecule has 0 saturated heterocycles. The Morgan fingerprint density at radius 3 is 2.12 bits per heavy atom. The molecule has 1 aliphatic carbocycles. The zero-order chi connectivity index (χ0) is 23.4. The molecular weight excluding hydrogens is 414 g/mol. The van der Waals surface area contributed by atoms with E-state index in [4.69, 9.17) is 12.2 Å². The highest BCUT2D eigenvalue weighted by molar-refractivity contribution is 6.16. The lowest BCUT2D eigenvalue weighted by molar-refractivity contribution is -0.133. The van der Waals surface area contributed by atoms with Crippen molar-refractivity contribution >= 4 is 35.0 Å². The molecule has 162 valence electrons. The second kappa shape index (κ2) is 8.93. The predicted octanol–water partition coefficient (Wildman–Crippen LogP) is 3.89. The Morgan fingerprint density at radius 1 is 0.970 bits per heavy atom. The van der Waals surface area contributed by atoms with Gasteiger partial charge in [0.15, 0.2) is 5.78 Å². The zero-order valence-corrected chi connectivity index (χ0v) is 17.8. The van der Waals surface area contributed by atoms with Gasteiger partial charge in [0.2, 0.25) is 11.8 Å². The molecule has 0 unspecified atom stereocenters. The fourth-order valence-corrected chi connectivity index (χ4v) is 3.50. The normalized spacial score (nSPS) is 13.8. The van der Waals surface area contributed by atoms with Crippen LogP contribution in [-0.4, -0.2) is 22.6 Å². The summed E-state index contributed by atoms with van der Waals surface area (Å²) in [5, 5.41) is 0. The summed E-state index contributed by atoms with van der Waals surface area (Å²) >= 11 is 0. The van der Waals surface area contributed by atoms with E-state index >= 15 is 0 Å². The number of amides is 2. The Morgan fingerprint density at radius 2 is 1.61 bits per heavy atom. The first-order valence-corrected chi connectivity index (χ1v) is 10.4. The molecule has 1 fully saturated rings. The fourth-order valence-electron chi connectivity index (χ4n) is 3.50. The third-order valence-electron chi connectivity index (χ3n) is 5.63. The van der Waals surface area contributed by atoms with Gasteiger partial charge in [-0.1, -0.05) is 12.0 Å². The minimum Gasteiger partial charge on any atom is -0.369 e. The van der Waals surface area contributed by atoms with Crippen molar-refractivity contribution < 1.29 is 14.4 Å². The van der Waals surface area contributed by atoms with Gasteiger partial charge in [0, 0.05) is 28.7 Å². The van der Waals surface area contributed by atoms with E-state index in [1.54, 1.807) is 72.9 Å². The number of ketones is 1. The van der Waals surface area contributed by atoms with Crippen LogP contribution in [0, 0.1) is 17.8 Å². The van der Waals surface area contributed by atoms with Crippen molar-refractivity contribution in [2.75, 3.05) is 4.90 Å². The van der Waals surface area contributed by atoms with Crippen LogP contribution in [0.3, 0.4) is 0 Å². The highest BCUT2D eigenvalue weighted by Crippen LogP contribution is 2.49. The Labute approximate surface area is 191 Å². The van der Waals surface area contributed by atoms with Crippen molar-refractivity contribution in [1.29, 1.82) is 0 Å². The highest BCUT2D eigenvalue weighted by atomic mass is 16.2. The number of benzene rings is 2. The van der Waals surface area contributed by atoms with Gasteiger partial charge in [0.05, 0.1) is 5.69 Å². The van der Waals surface area contributed by atoms with Crippen LogP contribution >= 0.6 is 0 Å². The molecule has 0 aliphatic heterocycles. The van der Waals surface area contributed by atoms with Crippen molar-refractivity contribution in [1.82, 2.24) is 4.98 Å². The SMILES string of the molecule is C#Cc1ccc(N(C(=O)C2(C(N)=O)CC2)c2ccc(C(=O)/C=C/c3ccccn3)cc2)cc1. The fraction of sp³-hybridized carbons (Fsp3) is 0.111. The van der Waals surface area contributed by atoms with Crippen molar-refractivity contribution in [3.8, 4) is 12.3 Å². The molecule has 2 N–H and O–H groups in total. The number of pyridine rings is 1. The zero-order valence-electron chi connectivity index (χ0n) is 17.8. The maximum absolute atomic E-state index is 13.4. The van der Waals surface area contributed by atoms with Gasteiger partial charge in [-0.3, -0.25) is 24.3 Å². The van der Waals surface area contributed by atoms with Crippen LogP contribution in [0.2, 0.25) is 0 Å². The summed E-state index contributed by atoms with van der Waals surface area (Å²) in [5.41, 5.74) is 7.22. The molecule has 0 radical (unpaired) electrons. The summed E-state index contributed by atoms with van der Waals surface area (Å²) in [7, 11) is 0. The number of nitrogens with two attached hydrogens (primary N) is 1. The summed E-state index contributed by atoms with van der Waals surface area (Å²) < 4.78 is 0. The highest BCUT2D eigenvalue weighted by Gasteiger charge is 2.57. The minimum absolute atomic E-state index is 0.195. The van der Waals surface area contributed by atoms with Crippen molar-refractivity contribution in [2.45, 2.75) is 12.8 Å². The Kier molecular flexibility index (Phi) is 5.88. The molecule has 3 aromatic rings. The van der Waals surface area contributed by atoms with Crippen LogP contribution in [0.4, 0.5) is 11.4 Å². The number of terminal acetylenes is 1. The molecule has 2 amide bonds. The summed E-state index contributed by atoms with van der Waals surface area (Å²) in [6, 6.07) is 18.9. The van der Waals surface area contributed by atoms with Crippen LogP contribution in [0.25, 0.3) is 6.08 Å². The van der Waals surface area contributed by atoms with Gasteiger partial charge in [-0.15, -0.1) is 6.42 Å². The third-order valence-corrected chi connectivity index (χ3v) is 5.63. The largest absolute Gasteiger partial charge is 0.369 e. The standard InChI is InChI=1S/C27H21N3O3/c1-2-19-6-11-22(12-7-19)30(26(33)27(16-17-27)25(28)32)23-13-8-20(9-14-23)24(31)15-10-21-5-3-4-18-29-21/h1,3-15,18H,16-17H2,(H2,28,32)/b15-10+. The minimum atomic E-state index is -1.20. The molecule has 33 heavy (non-hydrogen) atoms. The second-order valence-corrected chi connectivity index (χ2v) is 7.78. The Hall–Kier alpha value is -4.50. The van der Waals surface area contributed by atoms with E-state index in [1.807, 2.05) is 6.07 Å². The number of carbonyl (C=O) groups excluding carboxylic acids is 3. The first-order valence-electron chi connectivity index (χ1n) is 10.4. The number of primary amides is 1. The van der Waals surface area contributed by atoms with Gasteiger partial charge in [-0.2, -0.15) is 0 Å². The first kappa shape index (κ1) is 21.7. The smallest absolute Gasteiger partial charge is 0.247 e. The van der Waals surface area contributed by atoms with Gasteiger partial charge in [0.1, 0.15) is 5.41 Å². The monoisotopic (exact) mass is 435 g/mol. The van der Waals surface area contributed by atoms with Gasteiger partial charge in [0.25, 0.3) is 0 Å². The average molecular weight is 435 g/mol. The number of hydrogen-bond donors (Lipinski definition) is 1. The molecule has 4 rings (SSSR count). The predicted molar refractivity (Wildman–Crippen MR) is 126 cm³/mol. The maximum atomic E-state index is 13.4. The van der Waals surface area contributed by atoms with Crippen molar-refractivity contribution in [2.24, 2.45) is 11.1 Å². The third kappa shape index (κ3) is 4.43. The molecule has 1 saturated carbocycles. The summed E-state index contributed by atoms with van der Waals surface area (Å²) in [6.07, 6.45) is 11.0. The molecule has 0 atom stereocenters. The van der Waals surface area contributed by atoms with E-state index < -0.39 is 17.2 Å². The van der Waals surface area contributed by atoms with Gasteiger partial charge < -0.3 is 5.73 Å². The van der Waals surface area contributed by atoms with E-state index in [9.17, 15) is 14.4 Å². The van der Waals surface area contributed by atoms with E-state index in [-0.39, 0.29) is 5.78 Å². The molecule has 0 bridgehead atoms. The van der Waals surface area contributed by atoms with Crippen LogP contribution in [0.1, 0.15) is 34.5 Å².